The number of pyridine rings is 1. The van der Waals surface area contributed by atoms with Crippen LogP contribution in [-0.4, -0.2) is 30.6 Å². The highest BCUT2D eigenvalue weighted by Gasteiger charge is 2.07. The molecular weight excluding hydrogens is 298 g/mol. The van der Waals surface area contributed by atoms with Gasteiger partial charge in [-0.2, -0.15) is 0 Å². The minimum atomic E-state index is -0.509. The number of benzene rings is 1. The number of anilines is 1. The average Bonchev–Trinajstić information content (AvgIpc) is 2.56. The van der Waals surface area contributed by atoms with E-state index in [1.54, 1.807) is 43.3 Å². The van der Waals surface area contributed by atoms with Gasteiger partial charge in [-0.15, -0.1) is 0 Å². The molecule has 7 heteroatoms. The summed E-state index contributed by atoms with van der Waals surface area (Å²) in [5.41, 5.74) is 0.863. The number of hydrogen-bond donors (Lipinski definition) is 2. The number of carbonyl (C=O) groups is 2. The van der Waals surface area contributed by atoms with E-state index >= 15 is 0 Å². The maximum absolute atomic E-state index is 11.5. The van der Waals surface area contributed by atoms with Crippen LogP contribution in [0.1, 0.15) is 17.4 Å². The van der Waals surface area contributed by atoms with E-state index in [-0.39, 0.29) is 11.6 Å². The molecule has 0 aliphatic heterocycles. The minimum Gasteiger partial charge on any atom is -0.457 e. The van der Waals surface area contributed by atoms with Gasteiger partial charge in [0.05, 0.1) is 6.61 Å². The summed E-state index contributed by atoms with van der Waals surface area (Å²) >= 11 is 0. The molecule has 1 heterocycles. The highest BCUT2D eigenvalue weighted by Crippen LogP contribution is 2.23. The summed E-state index contributed by atoms with van der Waals surface area (Å²) in [4.78, 5) is 26.8. The molecule has 7 nitrogen and oxygen atoms in total. The maximum Gasteiger partial charge on any atom is 0.411 e. The first-order valence-corrected chi connectivity index (χ1v) is 7.02. The van der Waals surface area contributed by atoms with Gasteiger partial charge < -0.3 is 14.8 Å². The molecule has 0 aliphatic rings. The lowest BCUT2D eigenvalue weighted by atomic mass is 10.3. The van der Waals surface area contributed by atoms with Gasteiger partial charge in [0.15, 0.2) is 0 Å². The molecule has 0 saturated carbocycles. The van der Waals surface area contributed by atoms with Crippen LogP contribution in [0.3, 0.4) is 0 Å². The molecule has 0 atom stereocenters. The fourth-order valence-electron chi connectivity index (χ4n) is 1.75. The SMILES string of the molecule is CCOC(=O)Nc1ccc(Oc2ccnc(C(=O)NC)c2)cc1. The quantitative estimate of drug-likeness (QED) is 0.885. The van der Waals surface area contributed by atoms with Crippen LogP contribution in [0.25, 0.3) is 0 Å². The van der Waals surface area contributed by atoms with Crippen LogP contribution >= 0.6 is 0 Å². The summed E-state index contributed by atoms with van der Waals surface area (Å²) in [5.74, 6) is 0.766. The van der Waals surface area contributed by atoms with Gasteiger partial charge in [-0.3, -0.25) is 15.1 Å². The maximum atomic E-state index is 11.5. The number of rotatable bonds is 5. The number of carbonyl (C=O) groups excluding carboxylic acids is 2. The van der Waals surface area contributed by atoms with Gasteiger partial charge in [-0.1, -0.05) is 0 Å². The van der Waals surface area contributed by atoms with E-state index < -0.39 is 6.09 Å². The van der Waals surface area contributed by atoms with E-state index in [1.165, 1.54) is 13.2 Å². The summed E-state index contributed by atoms with van der Waals surface area (Å²) in [6, 6.07) is 9.96. The monoisotopic (exact) mass is 315 g/mol. The summed E-state index contributed by atoms with van der Waals surface area (Å²) in [6.07, 6.45) is 0.988. The highest BCUT2D eigenvalue weighted by atomic mass is 16.5. The Bertz CT molecular complexity index is 686. The predicted octanol–water partition coefficient (Wildman–Crippen LogP) is 2.80. The van der Waals surface area contributed by atoms with Crippen LogP contribution in [-0.2, 0) is 4.74 Å². The number of nitrogens with zero attached hydrogens (tertiary/aromatic N) is 1. The lowest BCUT2D eigenvalue weighted by Crippen LogP contribution is -2.18. The summed E-state index contributed by atoms with van der Waals surface area (Å²) in [5, 5.41) is 5.09. The second-order valence-corrected chi connectivity index (χ2v) is 4.43. The molecule has 23 heavy (non-hydrogen) atoms. The topological polar surface area (TPSA) is 89.6 Å². The van der Waals surface area contributed by atoms with Crippen molar-refractivity contribution in [3.63, 3.8) is 0 Å². The predicted molar refractivity (Wildman–Crippen MR) is 84.8 cm³/mol. The number of amides is 2. The van der Waals surface area contributed by atoms with Crippen molar-refractivity contribution in [1.82, 2.24) is 10.3 Å². The van der Waals surface area contributed by atoms with Crippen LogP contribution in [0.4, 0.5) is 10.5 Å². The van der Waals surface area contributed by atoms with Crippen LogP contribution in [0, 0.1) is 0 Å². The standard InChI is InChI=1S/C16H17N3O4/c1-3-22-16(21)19-11-4-6-12(7-5-11)23-13-8-9-18-14(10-13)15(20)17-2/h4-10H,3H2,1-2H3,(H,17,20)(H,19,21). The fraction of sp³-hybridized carbons (Fsp3) is 0.188. The van der Waals surface area contributed by atoms with Crippen LogP contribution in [0.2, 0.25) is 0 Å². The Morgan fingerprint density at radius 1 is 1.13 bits per heavy atom. The molecule has 0 bridgehead atoms. The molecule has 1 aromatic heterocycles. The van der Waals surface area contributed by atoms with Gasteiger partial charge in [-0.25, -0.2) is 4.79 Å². The van der Waals surface area contributed by atoms with Gasteiger partial charge in [-0.05, 0) is 37.3 Å². The fourth-order valence-corrected chi connectivity index (χ4v) is 1.75. The third kappa shape index (κ3) is 4.70. The van der Waals surface area contributed by atoms with E-state index in [1.807, 2.05) is 0 Å². The third-order valence-electron chi connectivity index (χ3n) is 2.80. The first-order chi connectivity index (χ1) is 11.1. The molecule has 2 rings (SSSR count). The third-order valence-corrected chi connectivity index (χ3v) is 2.80. The van der Waals surface area contributed by atoms with Crippen molar-refractivity contribution >= 4 is 17.7 Å². The first-order valence-electron chi connectivity index (χ1n) is 7.02. The van der Waals surface area contributed by atoms with Gasteiger partial charge in [0.2, 0.25) is 0 Å². The Balaban J connectivity index is 2.03. The van der Waals surface area contributed by atoms with Gasteiger partial charge in [0, 0.05) is 25.0 Å². The Morgan fingerprint density at radius 2 is 1.87 bits per heavy atom. The number of aromatic nitrogens is 1. The Morgan fingerprint density at radius 3 is 2.52 bits per heavy atom. The lowest BCUT2D eigenvalue weighted by Gasteiger charge is -2.08. The highest BCUT2D eigenvalue weighted by molar-refractivity contribution is 5.92. The molecule has 0 fully saturated rings. The molecule has 0 saturated heterocycles. The first kappa shape index (κ1) is 16.3. The zero-order chi connectivity index (χ0) is 16.7. The Kier molecular flexibility index (Phi) is 5.51. The number of ether oxygens (including phenoxy) is 2. The summed E-state index contributed by atoms with van der Waals surface area (Å²) < 4.78 is 10.4. The zero-order valence-electron chi connectivity index (χ0n) is 12.8. The van der Waals surface area contributed by atoms with E-state index in [2.05, 4.69) is 15.6 Å². The molecule has 0 aliphatic carbocycles. The smallest absolute Gasteiger partial charge is 0.411 e. The van der Waals surface area contributed by atoms with Gasteiger partial charge in [0.25, 0.3) is 5.91 Å². The molecule has 0 spiro atoms. The average molecular weight is 315 g/mol. The summed E-state index contributed by atoms with van der Waals surface area (Å²) in [6.45, 7) is 2.04. The molecule has 2 amide bonds. The minimum absolute atomic E-state index is 0.269. The normalized spacial score (nSPS) is 9.83. The molecular formula is C16H17N3O4. The van der Waals surface area contributed by atoms with Gasteiger partial charge in [0.1, 0.15) is 17.2 Å². The lowest BCUT2D eigenvalue weighted by molar-refractivity contribution is 0.0957. The van der Waals surface area contributed by atoms with Crippen molar-refractivity contribution in [2.75, 3.05) is 19.0 Å². The largest absolute Gasteiger partial charge is 0.457 e. The van der Waals surface area contributed by atoms with Crippen molar-refractivity contribution in [3.05, 3.63) is 48.3 Å². The van der Waals surface area contributed by atoms with Crippen molar-refractivity contribution in [2.45, 2.75) is 6.92 Å². The van der Waals surface area contributed by atoms with Crippen LogP contribution in [0.5, 0.6) is 11.5 Å². The van der Waals surface area contributed by atoms with Crippen molar-refractivity contribution in [2.24, 2.45) is 0 Å². The molecule has 0 radical (unpaired) electrons. The Labute approximate surface area is 133 Å². The number of nitrogens with one attached hydrogen (secondary N) is 2. The number of hydrogen-bond acceptors (Lipinski definition) is 5. The molecule has 1 aromatic carbocycles. The van der Waals surface area contributed by atoms with E-state index in [4.69, 9.17) is 9.47 Å². The Hall–Kier alpha value is -3.09. The summed E-state index contributed by atoms with van der Waals surface area (Å²) in [7, 11) is 1.53. The van der Waals surface area contributed by atoms with E-state index in [0.717, 1.165) is 0 Å². The van der Waals surface area contributed by atoms with Crippen LogP contribution < -0.4 is 15.4 Å². The molecule has 0 unspecified atom stereocenters. The van der Waals surface area contributed by atoms with Crippen molar-refractivity contribution < 1.29 is 19.1 Å². The van der Waals surface area contributed by atoms with E-state index in [0.29, 0.717) is 23.8 Å². The van der Waals surface area contributed by atoms with Crippen LogP contribution in [0.15, 0.2) is 42.6 Å². The molecule has 2 aromatic rings. The van der Waals surface area contributed by atoms with E-state index in [9.17, 15) is 9.59 Å². The molecule has 120 valence electrons. The van der Waals surface area contributed by atoms with Crippen molar-refractivity contribution in [3.8, 4) is 11.5 Å². The van der Waals surface area contributed by atoms with Crippen molar-refractivity contribution in [1.29, 1.82) is 0 Å². The second kappa shape index (κ2) is 7.79. The second-order valence-electron chi connectivity index (χ2n) is 4.43. The van der Waals surface area contributed by atoms with Gasteiger partial charge >= 0.3 is 6.09 Å². The molecule has 2 N–H and O–H groups in total. The zero-order valence-corrected chi connectivity index (χ0v) is 12.8.